The molecule has 2 aromatic rings. The fraction of sp³-hybridized carbons (Fsp3) is 0.462. The fourth-order valence-electron chi connectivity index (χ4n) is 3.88. The second kappa shape index (κ2) is 12.1. The molecule has 2 aromatic carbocycles. The Balaban J connectivity index is 1.94. The van der Waals surface area contributed by atoms with Gasteiger partial charge in [0.2, 0.25) is 28.6 Å². The maximum atomic E-state index is 13.8. The minimum atomic E-state index is -3.82. The molecule has 196 valence electrons. The maximum absolute atomic E-state index is 13.8. The van der Waals surface area contributed by atoms with Crippen molar-refractivity contribution >= 4 is 27.5 Å². The standard InChI is InChI=1S/C26H35N3O6S/c1-5-22(26(31)27-15-19(3)4)28(16-20-10-8-7-9-11-20)25(30)17-29(36(32,33)6-2)21-12-13-23-24(14-21)35-18-34-23/h7-14,19,22H,5-6,15-18H2,1-4H3,(H,27,31). The summed E-state index contributed by atoms with van der Waals surface area (Å²) in [5, 5.41) is 2.91. The number of carbonyl (C=O) groups excluding carboxylic acids is 2. The molecule has 0 fully saturated rings. The zero-order valence-electron chi connectivity index (χ0n) is 21.3. The second-order valence-electron chi connectivity index (χ2n) is 9.02. The molecule has 1 N–H and O–H groups in total. The van der Waals surface area contributed by atoms with Gasteiger partial charge in [-0.3, -0.25) is 13.9 Å². The van der Waals surface area contributed by atoms with Crippen LogP contribution in [0.25, 0.3) is 0 Å². The van der Waals surface area contributed by atoms with E-state index in [1.54, 1.807) is 18.2 Å². The average Bonchev–Trinajstić information content (AvgIpc) is 3.34. The first-order valence-electron chi connectivity index (χ1n) is 12.2. The van der Waals surface area contributed by atoms with E-state index in [1.165, 1.54) is 11.8 Å². The quantitative estimate of drug-likeness (QED) is 0.464. The summed E-state index contributed by atoms with van der Waals surface area (Å²) in [7, 11) is -3.82. The molecule has 1 aliphatic heterocycles. The van der Waals surface area contributed by atoms with Crippen LogP contribution in [-0.4, -0.2) is 56.8 Å². The lowest BCUT2D eigenvalue weighted by atomic mass is 10.1. The van der Waals surface area contributed by atoms with Gasteiger partial charge in [0.1, 0.15) is 12.6 Å². The minimum absolute atomic E-state index is 0.0484. The number of nitrogens with one attached hydrogen (secondary N) is 1. The van der Waals surface area contributed by atoms with E-state index in [1.807, 2.05) is 51.1 Å². The van der Waals surface area contributed by atoms with Crippen molar-refractivity contribution in [2.75, 3.05) is 29.9 Å². The van der Waals surface area contributed by atoms with Crippen molar-refractivity contribution in [3.63, 3.8) is 0 Å². The van der Waals surface area contributed by atoms with Crippen LogP contribution in [-0.2, 0) is 26.2 Å². The summed E-state index contributed by atoms with van der Waals surface area (Å²) in [6, 6.07) is 13.3. The van der Waals surface area contributed by atoms with Crippen LogP contribution in [0.2, 0.25) is 0 Å². The Labute approximate surface area is 213 Å². The van der Waals surface area contributed by atoms with Crippen molar-refractivity contribution in [2.24, 2.45) is 5.92 Å². The Hall–Kier alpha value is -3.27. The summed E-state index contributed by atoms with van der Waals surface area (Å²) < 4.78 is 38.0. The molecule has 0 radical (unpaired) electrons. The molecular weight excluding hydrogens is 482 g/mol. The first kappa shape index (κ1) is 27.3. The van der Waals surface area contributed by atoms with Crippen LogP contribution < -0.4 is 19.1 Å². The Morgan fingerprint density at radius 3 is 2.36 bits per heavy atom. The molecule has 0 aromatic heterocycles. The van der Waals surface area contributed by atoms with Crippen LogP contribution in [0, 0.1) is 5.92 Å². The number of amides is 2. The van der Waals surface area contributed by atoms with E-state index in [4.69, 9.17) is 9.47 Å². The molecule has 2 amide bonds. The smallest absolute Gasteiger partial charge is 0.244 e. The highest BCUT2D eigenvalue weighted by molar-refractivity contribution is 7.92. The lowest BCUT2D eigenvalue weighted by Crippen LogP contribution is -2.52. The van der Waals surface area contributed by atoms with E-state index in [0.29, 0.717) is 30.2 Å². The number of anilines is 1. The summed E-state index contributed by atoms with van der Waals surface area (Å²) in [5.74, 6) is 0.248. The number of rotatable bonds is 12. The molecule has 3 rings (SSSR count). The van der Waals surface area contributed by atoms with Gasteiger partial charge in [0.15, 0.2) is 11.5 Å². The van der Waals surface area contributed by atoms with Crippen molar-refractivity contribution in [1.82, 2.24) is 10.2 Å². The highest BCUT2D eigenvalue weighted by Crippen LogP contribution is 2.36. The first-order valence-corrected chi connectivity index (χ1v) is 13.8. The third kappa shape index (κ3) is 6.69. The van der Waals surface area contributed by atoms with E-state index in [-0.39, 0.29) is 30.9 Å². The molecule has 1 atom stereocenters. The summed E-state index contributed by atoms with van der Waals surface area (Å²) in [5.41, 5.74) is 1.14. The lowest BCUT2D eigenvalue weighted by Gasteiger charge is -2.33. The van der Waals surface area contributed by atoms with Crippen LogP contribution >= 0.6 is 0 Å². The predicted octanol–water partition coefficient (Wildman–Crippen LogP) is 3.15. The number of carbonyl (C=O) groups is 2. The number of nitrogens with zero attached hydrogens (tertiary/aromatic N) is 2. The van der Waals surface area contributed by atoms with Gasteiger partial charge in [-0.1, -0.05) is 51.1 Å². The monoisotopic (exact) mass is 517 g/mol. The number of hydrogen-bond acceptors (Lipinski definition) is 6. The molecule has 1 aliphatic rings. The molecule has 0 saturated heterocycles. The third-order valence-electron chi connectivity index (χ3n) is 5.89. The first-order chi connectivity index (χ1) is 17.2. The van der Waals surface area contributed by atoms with Crippen molar-refractivity contribution in [1.29, 1.82) is 0 Å². The zero-order chi connectivity index (χ0) is 26.3. The molecule has 0 bridgehead atoms. The largest absolute Gasteiger partial charge is 0.454 e. The molecule has 36 heavy (non-hydrogen) atoms. The van der Waals surface area contributed by atoms with Gasteiger partial charge < -0.3 is 19.7 Å². The van der Waals surface area contributed by atoms with E-state index in [2.05, 4.69) is 5.32 Å². The maximum Gasteiger partial charge on any atom is 0.244 e. The van der Waals surface area contributed by atoms with Gasteiger partial charge >= 0.3 is 0 Å². The molecule has 0 spiro atoms. The van der Waals surface area contributed by atoms with Gasteiger partial charge in [-0.15, -0.1) is 0 Å². The Morgan fingerprint density at radius 2 is 1.72 bits per heavy atom. The normalized spacial score (nSPS) is 13.4. The zero-order valence-corrected chi connectivity index (χ0v) is 22.1. The van der Waals surface area contributed by atoms with Crippen LogP contribution in [0.1, 0.15) is 39.7 Å². The number of benzene rings is 2. The highest BCUT2D eigenvalue weighted by Gasteiger charge is 2.33. The summed E-state index contributed by atoms with van der Waals surface area (Å²) in [6.45, 7) is 7.60. The molecule has 1 unspecified atom stereocenters. The van der Waals surface area contributed by atoms with Crippen LogP contribution in [0.3, 0.4) is 0 Å². The van der Waals surface area contributed by atoms with Gasteiger partial charge in [-0.05, 0) is 37.0 Å². The second-order valence-corrected chi connectivity index (χ2v) is 11.2. The SMILES string of the molecule is CCC(C(=O)NCC(C)C)N(Cc1ccccc1)C(=O)CN(c1ccc2c(c1)OCO2)S(=O)(=O)CC. The van der Waals surface area contributed by atoms with Gasteiger partial charge in [-0.25, -0.2) is 8.42 Å². The van der Waals surface area contributed by atoms with Crippen molar-refractivity contribution < 1.29 is 27.5 Å². The minimum Gasteiger partial charge on any atom is -0.454 e. The van der Waals surface area contributed by atoms with Gasteiger partial charge in [0, 0.05) is 19.2 Å². The lowest BCUT2D eigenvalue weighted by molar-refractivity contribution is -0.140. The van der Waals surface area contributed by atoms with Crippen molar-refractivity contribution in [3.05, 3.63) is 54.1 Å². The van der Waals surface area contributed by atoms with E-state index in [9.17, 15) is 18.0 Å². The van der Waals surface area contributed by atoms with Gasteiger partial charge in [0.05, 0.1) is 11.4 Å². The molecule has 10 heteroatoms. The molecular formula is C26H35N3O6S. The van der Waals surface area contributed by atoms with Gasteiger partial charge in [-0.2, -0.15) is 0 Å². The van der Waals surface area contributed by atoms with Gasteiger partial charge in [0.25, 0.3) is 0 Å². The molecule has 0 aliphatic carbocycles. The third-order valence-corrected chi connectivity index (χ3v) is 7.63. The Kier molecular flexibility index (Phi) is 9.19. The fourth-order valence-corrected chi connectivity index (χ4v) is 4.94. The predicted molar refractivity (Wildman–Crippen MR) is 138 cm³/mol. The highest BCUT2D eigenvalue weighted by atomic mass is 32.2. The van der Waals surface area contributed by atoms with Crippen molar-refractivity contribution in [3.8, 4) is 11.5 Å². The number of ether oxygens (including phenoxy) is 2. The topological polar surface area (TPSA) is 105 Å². The van der Waals surface area contributed by atoms with E-state index in [0.717, 1.165) is 9.87 Å². The van der Waals surface area contributed by atoms with Crippen LogP contribution in [0.4, 0.5) is 5.69 Å². The van der Waals surface area contributed by atoms with Crippen LogP contribution in [0.5, 0.6) is 11.5 Å². The molecule has 1 heterocycles. The molecule has 9 nitrogen and oxygen atoms in total. The van der Waals surface area contributed by atoms with Crippen molar-refractivity contribution in [2.45, 2.75) is 46.7 Å². The molecule has 0 saturated carbocycles. The van der Waals surface area contributed by atoms with E-state index < -0.39 is 28.5 Å². The van der Waals surface area contributed by atoms with E-state index >= 15 is 0 Å². The Bertz CT molecular complexity index is 1150. The summed E-state index contributed by atoms with van der Waals surface area (Å²) >= 11 is 0. The summed E-state index contributed by atoms with van der Waals surface area (Å²) in [4.78, 5) is 28.3. The number of hydrogen-bond donors (Lipinski definition) is 1. The summed E-state index contributed by atoms with van der Waals surface area (Å²) in [6.07, 6.45) is 0.382. The number of fused-ring (bicyclic) bond motifs is 1. The average molecular weight is 518 g/mol. The van der Waals surface area contributed by atoms with Crippen LogP contribution in [0.15, 0.2) is 48.5 Å². The number of sulfonamides is 1. The Morgan fingerprint density at radius 1 is 1.03 bits per heavy atom.